The van der Waals surface area contributed by atoms with Crippen molar-refractivity contribution in [3.8, 4) is 0 Å². The molecule has 23 heavy (non-hydrogen) atoms. The molecule has 128 valence electrons. The van der Waals surface area contributed by atoms with Crippen LogP contribution in [0, 0.1) is 27.7 Å². The second-order valence-electron chi connectivity index (χ2n) is 2.11. The van der Waals surface area contributed by atoms with Crippen LogP contribution in [0.3, 0.4) is 0 Å². The van der Waals surface area contributed by atoms with E-state index >= 15 is 0 Å². The van der Waals surface area contributed by atoms with Crippen molar-refractivity contribution >= 4 is 23.9 Å². The van der Waals surface area contributed by atoms with E-state index in [0.717, 1.165) is 0 Å². The molecule has 0 aliphatic carbocycles. The van der Waals surface area contributed by atoms with Gasteiger partial charge in [0.25, 0.3) is 0 Å². The van der Waals surface area contributed by atoms with E-state index in [1.807, 2.05) is 0 Å². The molecule has 0 amide bonds. The third kappa shape index (κ3) is 10600. The van der Waals surface area contributed by atoms with Crippen LogP contribution in [0.4, 0.5) is 0 Å². The predicted octanol–water partition coefficient (Wildman–Crippen LogP) is -6.15. The molecule has 0 aromatic heterocycles. The molecular weight excluding hydrogens is 387 g/mol. The molecule has 0 rings (SSSR count). The fraction of sp³-hybridized carbons (Fsp3) is 0.200. The summed E-state index contributed by atoms with van der Waals surface area (Å²) in [5.74, 6) is -4.33. The number of nitrogens with two attached hydrogens (primary N) is 1. The van der Waals surface area contributed by atoms with E-state index in [-0.39, 0.29) is 81.4 Å². The zero-order valence-corrected chi connectivity index (χ0v) is 20.4. The summed E-state index contributed by atoms with van der Waals surface area (Å²) in [5, 5.41) is 29.2. The van der Waals surface area contributed by atoms with Gasteiger partial charge in [-0.1, -0.05) is 0 Å². The molecule has 0 atom stereocenters. The topological polar surface area (TPSA) is 199 Å². The molecule has 10 nitrogen and oxygen atoms in total. The van der Waals surface area contributed by atoms with Crippen LogP contribution < -0.4 is 64.8 Å². The summed E-state index contributed by atoms with van der Waals surface area (Å²) in [6, 6.07) is 0. The summed E-state index contributed by atoms with van der Waals surface area (Å²) in [4.78, 5) is 35.6. The number of rotatable bonds is 1. The van der Waals surface area contributed by atoms with Crippen LogP contribution in [0.25, 0.3) is 5.73 Å². The van der Waals surface area contributed by atoms with Gasteiger partial charge in [-0.15, -0.1) is 6.54 Å². The zero-order valence-electron chi connectivity index (χ0n) is 15.4. The Morgan fingerprint density at radius 3 is 0.826 bits per heavy atom. The molecule has 0 bridgehead atoms. The standard InChI is InChI=1S/C2H7N2.4C2H3O2.2Na.Zn.2H/c3-1-2-4;4*1-2(3)4;;;;;/h3H,1-2,4H2;4*1H2,(H,3,4);;;;;/q5*-1;2*+1;;2*-1. The van der Waals surface area contributed by atoms with E-state index in [9.17, 15) is 0 Å². The van der Waals surface area contributed by atoms with Gasteiger partial charge in [-0.3, -0.25) is 46.9 Å². The van der Waals surface area contributed by atoms with Crippen molar-refractivity contribution in [2.45, 2.75) is 0 Å². The maximum atomic E-state index is 8.89. The van der Waals surface area contributed by atoms with Crippen molar-refractivity contribution in [2.24, 2.45) is 5.73 Å². The second kappa shape index (κ2) is 49.5. The minimum Gasteiger partial charge on any atom is -1.00 e. The van der Waals surface area contributed by atoms with Crippen LogP contribution in [-0.2, 0) is 38.7 Å². The van der Waals surface area contributed by atoms with Gasteiger partial charge < -0.3 is 34.7 Å². The van der Waals surface area contributed by atoms with Gasteiger partial charge in [-0.2, -0.15) is 0 Å². The summed E-state index contributed by atoms with van der Waals surface area (Å²) in [5.41, 5.74) is 11.2. The van der Waals surface area contributed by atoms with Crippen molar-refractivity contribution in [1.82, 2.24) is 0 Å². The normalized spacial score (nSPS) is 5.48. The zero-order chi connectivity index (χ0) is 17.7. The number of hydrogen-bond donors (Lipinski definition) is 5. The van der Waals surface area contributed by atoms with Crippen LogP contribution >= 0.6 is 0 Å². The Labute approximate surface area is 195 Å². The Morgan fingerprint density at radius 1 is 0.783 bits per heavy atom. The first-order valence-corrected chi connectivity index (χ1v) is 4.39. The molecule has 0 spiro atoms. The van der Waals surface area contributed by atoms with Crippen molar-refractivity contribution < 1.29 is 121 Å². The van der Waals surface area contributed by atoms with Crippen molar-refractivity contribution in [3.05, 3.63) is 33.4 Å². The first-order chi connectivity index (χ1) is 8.84. The maximum absolute atomic E-state index is 8.89. The Balaban J connectivity index is -0.0000000134. The smallest absolute Gasteiger partial charge is 1.00 e. The molecular formula is C10H21N2Na2O8Zn-5. The number of carbonyl (C=O) groups is 4. The molecule has 0 aliphatic rings. The SMILES string of the molecule is [CH2-]C(=O)O.[CH2-]C(=O)O.[CH2-]C(=O)O.[CH2-]C(=O)O.[H-].[H-].[NH-]CCN.[Na+].[Na+].[Zn]. The summed E-state index contributed by atoms with van der Waals surface area (Å²) in [7, 11) is 0. The van der Waals surface area contributed by atoms with E-state index in [1.54, 1.807) is 0 Å². The average Bonchev–Trinajstić information content (AvgIpc) is 2.13. The van der Waals surface area contributed by atoms with Crippen LogP contribution in [0.5, 0.6) is 0 Å². The van der Waals surface area contributed by atoms with Crippen molar-refractivity contribution in [3.63, 3.8) is 0 Å². The van der Waals surface area contributed by atoms with Crippen LogP contribution in [-0.4, -0.2) is 57.4 Å². The molecule has 0 radical (unpaired) electrons. The molecule has 0 saturated heterocycles. The van der Waals surface area contributed by atoms with Gasteiger partial charge in [0.1, 0.15) is 0 Å². The minimum absolute atomic E-state index is 0. The van der Waals surface area contributed by atoms with E-state index in [2.05, 4.69) is 27.7 Å². The number of aliphatic carboxylic acids is 4. The predicted molar refractivity (Wildman–Crippen MR) is 72.4 cm³/mol. The Hall–Kier alpha value is -0.0966. The van der Waals surface area contributed by atoms with Gasteiger partial charge in [0.05, 0.1) is 0 Å². The van der Waals surface area contributed by atoms with Gasteiger partial charge in [-0.05, 0) is 6.54 Å². The van der Waals surface area contributed by atoms with E-state index < -0.39 is 23.9 Å². The monoisotopic (exact) mass is 407 g/mol. The first kappa shape index (κ1) is 49.5. The van der Waals surface area contributed by atoms with Gasteiger partial charge in [0.15, 0.2) is 23.9 Å². The van der Waals surface area contributed by atoms with Crippen molar-refractivity contribution in [2.75, 3.05) is 13.1 Å². The fourth-order valence-corrected chi connectivity index (χ4v) is 0. The van der Waals surface area contributed by atoms with E-state index in [1.165, 1.54) is 0 Å². The van der Waals surface area contributed by atoms with Gasteiger partial charge in [0.2, 0.25) is 0 Å². The molecule has 0 aromatic carbocycles. The quantitative estimate of drug-likeness (QED) is 0.207. The first-order valence-electron chi connectivity index (χ1n) is 4.39. The fourth-order valence-electron chi connectivity index (χ4n) is 0. The van der Waals surface area contributed by atoms with Gasteiger partial charge in [0, 0.05) is 19.5 Å². The molecule has 0 saturated carbocycles. The van der Waals surface area contributed by atoms with E-state index in [0.29, 0.717) is 13.1 Å². The van der Waals surface area contributed by atoms with Crippen LogP contribution in [0.2, 0.25) is 0 Å². The number of nitrogens with one attached hydrogen (secondary N) is 1. The number of carboxylic acid groups (broad SMARTS) is 4. The summed E-state index contributed by atoms with van der Waals surface area (Å²) < 4.78 is 0. The number of carboxylic acids is 4. The Kier molecular flexibility index (Phi) is 106. The van der Waals surface area contributed by atoms with Gasteiger partial charge >= 0.3 is 59.1 Å². The number of hydrogen-bond acceptors (Lipinski definition) is 5. The second-order valence-corrected chi connectivity index (χ2v) is 2.11. The van der Waals surface area contributed by atoms with Crippen LogP contribution in [0.15, 0.2) is 0 Å². The molecule has 0 unspecified atom stereocenters. The Bertz CT molecular complexity index is 215. The van der Waals surface area contributed by atoms with Crippen molar-refractivity contribution in [1.29, 1.82) is 0 Å². The molecule has 7 N–H and O–H groups in total. The maximum Gasteiger partial charge on any atom is 1.00 e. The van der Waals surface area contributed by atoms with Crippen LogP contribution in [0.1, 0.15) is 2.85 Å². The third-order valence-electron chi connectivity index (χ3n) is 0.144. The average molecular weight is 409 g/mol. The molecule has 0 heterocycles. The largest absolute Gasteiger partial charge is 1.00 e. The third-order valence-corrected chi connectivity index (χ3v) is 0.144. The molecule has 0 aliphatic heterocycles. The van der Waals surface area contributed by atoms with E-state index in [4.69, 9.17) is 51.1 Å². The summed E-state index contributed by atoms with van der Waals surface area (Å²) >= 11 is 0. The molecule has 0 fully saturated rings. The Morgan fingerprint density at radius 2 is 0.826 bits per heavy atom. The van der Waals surface area contributed by atoms with Gasteiger partial charge in [-0.25, -0.2) is 0 Å². The summed E-state index contributed by atoms with van der Waals surface area (Å²) in [6.45, 7) is 11.1. The molecule has 0 aromatic rings. The minimum atomic E-state index is -1.08. The summed E-state index contributed by atoms with van der Waals surface area (Å²) in [6.07, 6.45) is 0. The molecule has 13 heteroatoms.